The van der Waals surface area contributed by atoms with Crippen LogP contribution < -0.4 is 37.1 Å². The van der Waals surface area contributed by atoms with E-state index in [1.807, 2.05) is 137 Å². The Kier molecular flexibility index (Phi) is 21.4. The van der Waals surface area contributed by atoms with Gasteiger partial charge in [-0.1, -0.05) is 120 Å². The van der Waals surface area contributed by atoms with E-state index in [0.717, 1.165) is 82.5 Å². The maximum Gasteiger partial charge on any atom is 0.275 e. The number of likely N-dealkylation sites (N-methyl/N-ethyl adjacent to an activating group) is 1. The SMILES string of the molecule is C=C(NC)c1nn(-c2ccccc2N2CCN(CC)CC2)cc(O)c1=O.CC.CC.CNC(=O)c1nn(-c2ccccc2-c2ccc3[nH]ccc3c2)cc(O)c1=O.CNC(=O)c1nn(CCc2cccc3ccccc23)cc(O)c1=O. The van der Waals surface area contributed by atoms with Crippen LogP contribution in [0.5, 0.6) is 17.2 Å². The zero-order valence-electron chi connectivity index (χ0n) is 46.9. The number of carbonyl (C=O) groups excluding carboxylic acids is 2. The van der Waals surface area contributed by atoms with E-state index in [4.69, 9.17) is 0 Å². The summed E-state index contributed by atoms with van der Waals surface area (Å²) >= 11 is 0. The van der Waals surface area contributed by atoms with Crippen molar-refractivity contribution >= 4 is 44.9 Å². The highest BCUT2D eigenvalue weighted by Gasteiger charge is 2.22. The number of anilines is 1. The second-order valence-corrected chi connectivity index (χ2v) is 17.7. The zero-order chi connectivity index (χ0) is 58.8. The number of rotatable bonds is 12. The lowest BCUT2D eigenvalue weighted by Gasteiger charge is -2.36. The average Bonchev–Trinajstić information content (AvgIpc) is 4.09. The number of aromatic nitrogens is 7. The van der Waals surface area contributed by atoms with E-state index in [0.29, 0.717) is 24.4 Å². The van der Waals surface area contributed by atoms with Crippen LogP contribution in [0.3, 0.4) is 0 Å². The smallest absolute Gasteiger partial charge is 0.275 e. The highest BCUT2D eigenvalue weighted by atomic mass is 16.3. The van der Waals surface area contributed by atoms with Gasteiger partial charge in [0, 0.05) is 71.1 Å². The van der Waals surface area contributed by atoms with Gasteiger partial charge in [-0.3, -0.25) is 28.7 Å². The average molecular weight is 1100 g/mol. The Morgan fingerprint density at radius 1 is 0.593 bits per heavy atom. The van der Waals surface area contributed by atoms with Crippen LogP contribution in [0.2, 0.25) is 0 Å². The largest absolute Gasteiger partial charge is 0.503 e. The molecule has 5 aromatic carbocycles. The number of nitrogens with one attached hydrogen (secondary N) is 4. The van der Waals surface area contributed by atoms with Gasteiger partial charge in [-0.05, 0) is 76.6 Å². The Morgan fingerprint density at radius 3 is 1.78 bits per heavy atom. The molecule has 0 unspecified atom stereocenters. The maximum absolute atomic E-state index is 12.2. The topological polar surface area (TPSA) is 258 Å². The summed E-state index contributed by atoms with van der Waals surface area (Å²) in [5.41, 5.74) is 4.12. The minimum atomic E-state index is -0.808. The monoisotopic (exact) mass is 1100 g/mol. The highest BCUT2D eigenvalue weighted by Crippen LogP contribution is 2.30. The Balaban J connectivity index is 0.000000190. The molecule has 4 aromatic heterocycles. The molecule has 5 heterocycles. The third-order valence-electron chi connectivity index (χ3n) is 13.0. The second-order valence-electron chi connectivity index (χ2n) is 17.7. The molecular formula is C61H70N12O8. The number of H-pyrrole nitrogens is 1. The van der Waals surface area contributed by atoms with Crippen LogP contribution in [-0.4, -0.2) is 120 Å². The summed E-state index contributed by atoms with van der Waals surface area (Å²) in [5, 5.41) is 53.3. The van der Waals surface area contributed by atoms with Gasteiger partial charge in [-0.25, -0.2) is 9.36 Å². The third-order valence-corrected chi connectivity index (χ3v) is 13.0. The van der Waals surface area contributed by atoms with Gasteiger partial charge in [0.2, 0.25) is 0 Å². The summed E-state index contributed by atoms with van der Waals surface area (Å²) in [6.45, 7) is 19.3. The first-order valence-corrected chi connectivity index (χ1v) is 26.7. The van der Waals surface area contributed by atoms with Crippen LogP contribution in [0.1, 0.15) is 66.9 Å². The fourth-order valence-electron chi connectivity index (χ4n) is 8.80. The molecule has 0 aliphatic carbocycles. The van der Waals surface area contributed by atoms with Gasteiger partial charge in [-0.15, -0.1) is 0 Å². The van der Waals surface area contributed by atoms with Gasteiger partial charge in [0.25, 0.3) is 28.1 Å². The molecule has 2 amide bonds. The van der Waals surface area contributed by atoms with Crippen molar-refractivity contribution in [1.29, 1.82) is 0 Å². The van der Waals surface area contributed by atoms with Crippen molar-refractivity contribution in [2.45, 2.75) is 47.6 Å². The van der Waals surface area contributed by atoms with E-state index in [-0.39, 0.29) is 22.8 Å². The van der Waals surface area contributed by atoms with Crippen molar-refractivity contribution in [3.63, 3.8) is 0 Å². The number of amides is 2. The van der Waals surface area contributed by atoms with E-state index in [9.17, 15) is 39.3 Å². The summed E-state index contributed by atoms with van der Waals surface area (Å²) in [6, 6.07) is 37.4. The molecular weight excluding hydrogens is 1030 g/mol. The van der Waals surface area contributed by atoms with Gasteiger partial charge in [-0.2, -0.15) is 15.3 Å². The number of aromatic hydroxyl groups is 3. The van der Waals surface area contributed by atoms with Gasteiger partial charge < -0.3 is 46.1 Å². The predicted octanol–water partition coefficient (Wildman–Crippen LogP) is 7.47. The summed E-state index contributed by atoms with van der Waals surface area (Å²) < 4.78 is 4.32. The zero-order valence-corrected chi connectivity index (χ0v) is 46.9. The molecule has 0 bridgehead atoms. The molecule has 422 valence electrons. The number of fused-ring (bicyclic) bond motifs is 2. The minimum absolute atomic E-state index is 0.109. The normalized spacial score (nSPS) is 11.8. The standard InChI is InChI=1S/C20H16N4O3.C19H25N5O2.C18H17N3O3.2C2H6/c1-21-20(27)18-19(26)17(25)11-24(23-18)16-5-3-2-4-14(16)12-6-7-15-13(10-12)8-9-22-15;1-4-22-9-11-23(12-10-22)15-7-5-6-8-16(15)24-13-17(25)19(26)18(21-24)14(2)20-3;1-19-18(24)16-17(23)15(22)11-21(20-16)10-9-13-7-4-6-12-5-2-3-8-14(12)13;2*1-2/h2-11,22,25H,1H3,(H,21,27);5-8,13,20,25H,2,4,9-12H2,1,3H3;2-8,11,22H,9-10H2,1H3,(H,19,24);2*1-2H3. The number of para-hydroxylation sites is 3. The molecule has 0 radical (unpaired) electrons. The molecule has 1 aliphatic heterocycles. The molecule has 1 fully saturated rings. The molecule has 10 rings (SSSR count). The van der Waals surface area contributed by atoms with Crippen LogP contribution in [0.25, 0.3) is 49.9 Å². The van der Waals surface area contributed by atoms with E-state index >= 15 is 0 Å². The molecule has 0 atom stereocenters. The van der Waals surface area contributed by atoms with Crippen molar-refractivity contribution in [3.8, 4) is 39.8 Å². The Morgan fingerprint density at radius 2 is 1.14 bits per heavy atom. The van der Waals surface area contributed by atoms with E-state index in [1.165, 1.54) is 42.0 Å². The number of carbonyl (C=O) groups is 2. The van der Waals surface area contributed by atoms with E-state index in [1.54, 1.807) is 17.8 Å². The number of aryl methyl sites for hydroxylation is 2. The van der Waals surface area contributed by atoms with Crippen molar-refractivity contribution in [3.05, 3.63) is 200 Å². The van der Waals surface area contributed by atoms with Crippen molar-refractivity contribution in [1.82, 2.24) is 55.2 Å². The lowest BCUT2D eigenvalue weighted by molar-refractivity contribution is 0.0946. The number of piperazine rings is 1. The van der Waals surface area contributed by atoms with Gasteiger partial charge in [0.05, 0.1) is 41.3 Å². The Hall–Kier alpha value is -9.82. The number of hydrogen-bond donors (Lipinski definition) is 7. The molecule has 0 spiro atoms. The molecule has 9 aromatic rings. The first-order chi connectivity index (χ1) is 39.2. The second kappa shape index (κ2) is 28.7. The van der Waals surface area contributed by atoms with Crippen molar-refractivity contribution in [2.75, 3.05) is 58.8 Å². The van der Waals surface area contributed by atoms with Crippen LogP contribution in [0.4, 0.5) is 5.69 Å². The molecule has 20 heteroatoms. The molecule has 20 nitrogen and oxygen atoms in total. The fourth-order valence-corrected chi connectivity index (χ4v) is 8.80. The van der Waals surface area contributed by atoms with E-state index in [2.05, 4.69) is 65.6 Å². The van der Waals surface area contributed by atoms with Crippen LogP contribution in [-0.2, 0) is 13.0 Å². The summed E-state index contributed by atoms with van der Waals surface area (Å²) in [6.07, 6.45) is 6.35. The Bertz CT molecular complexity index is 3820. The van der Waals surface area contributed by atoms with Crippen molar-refractivity contribution in [2.24, 2.45) is 0 Å². The minimum Gasteiger partial charge on any atom is -0.503 e. The van der Waals surface area contributed by atoms with Crippen LogP contribution in [0.15, 0.2) is 161 Å². The fraction of sp³-hybridized carbons (Fsp3) is 0.246. The summed E-state index contributed by atoms with van der Waals surface area (Å²) in [5.74, 6) is -2.65. The van der Waals surface area contributed by atoms with Crippen LogP contribution in [0, 0.1) is 0 Å². The first-order valence-electron chi connectivity index (χ1n) is 26.7. The van der Waals surface area contributed by atoms with Gasteiger partial charge in [0.1, 0.15) is 0 Å². The number of nitrogens with zero attached hydrogens (tertiary/aromatic N) is 8. The highest BCUT2D eigenvalue weighted by molar-refractivity contribution is 5.93. The lowest BCUT2D eigenvalue weighted by Crippen LogP contribution is -2.46. The predicted molar refractivity (Wildman–Crippen MR) is 320 cm³/mol. The van der Waals surface area contributed by atoms with E-state index < -0.39 is 39.6 Å². The lowest BCUT2D eigenvalue weighted by atomic mass is 10.0. The summed E-state index contributed by atoms with van der Waals surface area (Å²) in [4.78, 5) is 67.5. The Labute approximate surface area is 469 Å². The third kappa shape index (κ3) is 14.3. The number of benzene rings is 5. The maximum atomic E-state index is 12.2. The molecule has 0 saturated carbocycles. The number of aromatic amines is 1. The molecule has 7 N–H and O–H groups in total. The van der Waals surface area contributed by atoms with Crippen molar-refractivity contribution < 1.29 is 24.9 Å². The van der Waals surface area contributed by atoms with Gasteiger partial charge in [0.15, 0.2) is 34.3 Å². The molecule has 81 heavy (non-hydrogen) atoms. The quantitative estimate of drug-likeness (QED) is 0.0627. The number of hydrogen-bond acceptors (Lipinski definition) is 14. The van der Waals surface area contributed by atoms with Crippen LogP contribution >= 0.6 is 0 Å². The summed E-state index contributed by atoms with van der Waals surface area (Å²) in [7, 11) is 4.48. The first kappa shape index (κ1) is 60.4. The van der Waals surface area contributed by atoms with Gasteiger partial charge >= 0.3 is 0 Å². The molecule has 1 aliphatic rings. The molecule has 1 saturated heterocycles.